The Morgan fingerprint density at radius 3 is 2.50 bits per heavy atom. The van der Waals surface area contributed by atoms with Crippen molar-refractivity contribution in [2.24, 2.45) is 5.92 Å². The zero-order valence-electron chi connectivity index (χ0n) is 13.6. The average Bonchev–Trinajstić information content (AvgIpc) is 2.58. The first-order chi connectivity index (χ1) is 11.1. The quantitative estimate of drug-likeness (QED) is 0.377. The second kappa shape index (κ2) is 10.8. The van der Waals surface area contributed by atoms with Gasteiger partial charge < -0.3 is 16.0 Å². The number of nitrogens with one attached hydrogen (secondary N) is 3. The van der Waals surface area contributed by atoms with Crippen LogP contribution in [0.5, 0.6) is 0 Å². The van der Waals surface area contributed by atoms with Crippen LogP contribution in [0.1, 0.15) is 25.7 Å². The van der Waals surface area contributed by atoms with Gasteiger partial charge in [0.1, 0.15) is 0 Å². The SMILES string of the molecule is Cl.O=C(CCC1CCNCC1)NCCNc1ccc([N+](=O)[O-])cc1. The highest BCUT2D eigenvalue weighted by molar-refractivity contribution is 5.85. The van der Waals surface area contributed by atoms with Crippen molar-refractivity contribution in [1.29, 1.82) is 0 Å². The second-order valence-electron chi connectivity index (χ2n) is 5.81. The molecule has 7 nitrogen and oxygen atoms in total. The maximum absolute atomic E-state index is 11.8. The summed E-state index contributed by atoms with van der Waals surface area (Å²) in [5, 5.41) is 19.9. The van der Waals surface area contributed by atoms with E-state index in [-0.39, 0.29) is 24.0 Å². The first-order valence-electron chi connectivity index (χ1n) is 8.11. The number of nitrogens with zero attached hydrogens (tertiary/aromatic N) is 1. The van der Waals surface area contributed by atoms with E-state index in [1.54, 1.807) is 12.1 Å². The standard InChI is InChI=1S/C16H24N4O3.ClH/c21-16(6-1-13-7-9-17-10-8-13)19-12-11-18-14-2-4-15(5-3-14)20(22)23;/h2-5,13,17-18H,1,6-12H2,(H,19,21);1H. The largest absolute Gasteiger partial charge is 0.383 e. The van der Waals surface area contributed by atoms with Crippen LogP contribution in [0.15, 0.2) is 24.3 Å². The predicted octanol–water partition coefficient (Wildman–Crippen LogP) is 2.32. The Balaban J connectivity index is 0.00000288. The van der Waals surface area contributed by atoms with E-state index in [9.17, 15) is 14.9 Å². The Kier molecular flexibility index (Phi) is 9.11. The first kappa shape index (κ1) is 20.2. The number of non-ortho nitro benzene ring substituents is 1. The van der Waals surface area contributed by atoms with Crippen molar-refractivity contribution in [3.05, 3.63) is 34.4 Å². The average molecular weight is 357 g/mol. The molecule has 1 aliphatic rings. The fourth-order valence-electron chi connectivity index (χ4n) is 2.70. The molecule has 0 unspecified atom stereocenters. The van der Waals surface area contributed by atoms with Crippen molar-refractivity contribution in [3.8, 4) is 0 Å². The third kappa shape index (κ3) is 7.14. The van der Waals surface area contributed by atoms with Crippen LogP contribution in [0.25, 0.3) is 0 Å². The number of anilines is 1. The Morgan fingerprint density at radius 1 is 1.21 bits per heavy atom. The number of rotatable bonds is 8. The van der Waals surface area contributed by atoms with Gasteiger partial charge in [0.25, 0.3) is 5.69 Å². The topological polar surface area (TPSA) is 96.3 Å². The van der Waals surface area contributed by atoms with Crippen molar-refractivity contribution in [3.63, 3.8) is 0 Å². The van der Waals surface area contributed by atoms with Gasteiger partial charge in [0.05, 0.1) is 4.92 Å². The molecule has 1 aromatic rings. The van der Waals surface area contributed by atoms with Crippen LogP contribution in [-0.4, -0.2) is 37.0 Å². The molecule has 1 aliphatic heterocycles. The summed E-state index contributed by atoms with van der Waals surface area (Å²) >= 11 is 0. The van der Waals surface area contributed by atoms with Crippen molar-refractivity contribution in [1.82, 2.24) is 10.6 Å². The number of nitro benzene ring substituents is 1. The molecule has 0 aliphatic carbocycles. The summed E-state index contributed by atoms with van der Waals surface area (Å²) in [4.78, 5) is 21.9. The molecule has 8 heteroatoms. The summed E-state index contributed by atoms with van der Waals surface area (Å²) in [6.07, 6.45) is 3.87. The maximum Gasteiger partial charge on any atom is 0.269 e. The molecule has 1 amide bonds. The van der Waals surface area contributed by atoms with E-state index in [0.29, 0.717) is 25.4 Å². The van der Waals surface area contributed by atoms with Crippen LogP contribution in [0.2, 0.25) is 0 Å². The lowest BCUT2D eigenvalue weighted by Crippen LogP contribution is -2.31. The summed E-state index contributed by atoms with van der Waals surface area (Å²) in [5.41, 5.74) is 0.876. The molecule has 0 radical (unpaired) electrons. The minimum absolute atomic E-state index is 0. The Labute approximate surface area is 148 Å². The van der Waals surface area contributed by atoms with Crippen molar-refractivity contribution in [2.45, 2.75) is 25.7 Å². The summed E-state index contributed by atoms with van der Waals surface area (Å²) in [6.45, 7) is 3.26. The highest BCUT2D eigenvalue weighted by atomic mass is 35.5. The Hall–Kier alpha value is -1.86. The van der Waals surface area contributed by atoms with Gasteiger partial charge in [-0.2, -0.15) is 0 Å². The zero-order chi connectivity index (χ0) is 16.5. The fraction of sp³-hybridized carbons (Fsp3) is 0.562. The third-order valence-electron chi connectivity index (χ3n) is 4.09. The molecule has 1 heterocycles. The molecule has 2 rings (SSSR count). The molecular weight excluding hydrogens is 332 g/mol. The van der Waals surface area contributed by atoms with Gasteiger partial charge in [0.15, 0.2) is 0 Å². The monoisotopic (exact) mass is 356 g/mol. The third-order valence-corrected chi connectivity index (χ3v) is 4.09. The normalized spacial score (nSPS) is 14.5. The number of amides is 1. The fourth-order valence-corrected chi connectivity index (χ4v) is 2.70. The molecule has 1 fully saturated rings. The number of hydrogen-bond acceptors (Lipinski definition) is 5. The number of carbonyl (C=O) groups is 1. The molecule has 134 valence electrons. The maximum atomic E-state index is 11.8. The summed E-state index contributed by atoms with van der Waals surface area (Å²) in [5.74, 6) is 0.759. The Morgan fingerprint density at radius 2 is 1.88 bits per heavy atom. The molecule has 0 bridgehead atoms. The van der Waals surface area contributed by atoms with E-state index in [1.807, 2.05) is 0 Å². The summed E-state index contributed by atoms with van der Waals surface area (Å²) in [6, 6.07) is 6.24. The molecule has 0 saturated carbocycles. The van der Waals surface area contributed by atoms with Gasteiger partial charge in [-0.1, -0.05) is 0 Å². The van der Waals surface area contributed by atoms with Crippen LogP contribution in [0, 0.1) is 16.0 Å². The lowest BCUT2D eigenvalue weighted by Gasteiger charge is -2.22. The van der Waals surface area contributed by atoms with E-state index in [4.69, 9.17) is 0 Å². The molecule has 0 spiro atoms. The summed E-state index contributed by atoms with van der Waals surface area (Å²) < 4.78 is 0. The highest BCUT2D eigenvalue weighted by Gasteiger charge is 2.14. The lowest BCUT2D eigenvalue weighted by molar-refractivity contribution is -0.384. The van der Waals surface area contributed by atoms with Gasteiger partial charge in [0, 0.05) is 37.3 Å². The van der Waals surface area contributed by atoms with Gasteiger partial charge in [-0.05, 0) is 50.4 Å². The number of hydrogen-bond donors (Lipinski definition) is 3. The molecule has 0 atom stereocenters. The van der Waals surface area contributed by atoms with E-state index >= 15 is 0 Å². The number of halogens is 1. The number of piperidine rings is 1. The van der Waals surface area contributed by atoms with Crippen molar-refractivity contribution in [2.75, 3.05) is 31.5 Å². The number of carbonyl (C=O) groups excluding carboxylic acids is 1. The minimum Gasteiger partial charge on any atom is -0.383 e. The number of benzene rings is 1. The van der Waals surface area contributed by atoms with E-state index < -0.39 is 4.92 Å². The zero-order valence-corrected chi connectivity index (χ0v) is 14.4. The predicted molar refractivity (Wildman–Crippen MR) is 96.7 cm³/mol. The molecule has 0 aromatic heterocycles. The molecule has 1 aromatic carbocycles. The van der Waals surface area contributed by atoms with E-state index in [0.717, 1.165) is 38.0 Å². The first-order valence-corrected chi connectivity index (χ1v) is 8.11. The number of nitro groups is 1. The van der Waals surface area contributed by atoms with Gasteiger partial charge in [-0.25, -0.2) is 0 Å². The van der Waals surface area contributed by atoms with Crippen LogP contribution < -0.4 is 16.0 Å². The van der Waals surface area contributed by atoms with Gasteiger partial charge in [0.2, 0.25) is 5.91 Å². The lowest BCUT2D eigenvalue weighted by atomic mass is 9.93. The van der Waals surface area contributed by atoms with Crippen LogP contribution in [0.3, 0.4) is 0 Å². The molecule has 24 heavy (non-hydrogen) atoms. The second-order valence-corrected chi connectivity index (χ2v) is 5.81. The van der Waals surface area contributed by atoms with E-state index in [1.165, 1.54) is 12.1 Å². The smallest absolute Gasteiger partial charge is 0.269 e. The summed E-state index contributed by atoms with van der Waals surface area (Å²) in [7, 11) is 0. The van der Waals surface area contributed by atoms with Crippen LogP contribution in [0.4, 0.5) is 11.4 Å². The Bertz CT molecular complexity index is 519. The van der Waals surface area contributed by atoms with Gasteiger partial charge in [-0.15, -0.1) is 12.4 Å². The van der Waals surface area contributed by atoms with Gasteiger partial charge >= 0.3 is 0 Å². The minimum atomic E-state index is -0.424. The molecule has 3 N–H and O–H groups in total. The highest BCUT2D eigenvalue weighted by Crippen LogP contribution is 2.17. The van der Waals surface area contributed by atoms with Crippen molar-refractivity contribution >= 4 is 29.7 Å². The molecular formula is C16H25ClN4O3. The van der Waals surface area contributed by atoms with E-state index in [2.05, 4.69) is 16.0 Å². The van der Waals surface area contributed by atoms with Crippen molar-refractivity contribution < 1.29 is 9.72 Å². The van der Waals surface area contributed by atoms with Crippen LogP contribution in [-0.2, 0) is 4.79 Å². The van der Waals surface area contributed by atoms with Gasteiger partial charge in [-0.3, -0.25) is 14.9 Å². The molecule has 1 saturated heterocycles. The van der Waals surface area contributed by atoms with Crippen LogP contribution >= 0.6 is 12.4 Å².